The van der Waals surface area contributed by atoms with Crippen molar-refractivity contribution >= 4 is 12.1 Å². The molecule has 0 spiro atoms. The molecular formula is C15H20N2O. The van der Waals surface area contributed by atoms with E-state index >= 15 is 0 Å². The van der Waals surface area contributed by atoms with Gasteiger partial charge in [0.15, 0.2) is 0 Å². The molecule has 0 saturated heterocycles. The molecule has 0 heterocycles. The van der Waals surface area contributed by atoms with E-state index in [0.29, 0.717) is 12.3 Å². The fraction of sp³-hybridized carbons (Fsp3) is 0.467. The number of carbonyl (C=O) groups is 1. The van der Waals surface area contributed by atoms with Crippen molar-refractivity contribution in [2.75, 3.05) is 0 Å². The molecule has 1 amide bonds. The monoisotopic (exact) mass is 244 g/mol. The predicted octanol–water partition coefficient (Wildman–Crippen LogP) is 2.91. The molecule has 0 radical (unpaired) electrons. The lowest BCUT2D eigenvalue weighted by molar-refractivity contribution is -0.120. The first-order valence-corrected chi connectivity index (χ1v) is 6.70. The molecule has 1 N–H and O–H groups in total. The Kier molecular flexibility index (Phi) is 4.94. The Bertz CT molecular complexity index is 394. The van der Waals surface area contributed by atoms with Crippen molar-refractivity contribution in [3.8, 4) is 0 Å². The highest BCUT2D eigenvalue weighted by atomic mass is 16.2. The van der Waals surface area contributed by atoms with Gasteiger partial charge in [0.1, 0.15) is 0 Å². The Labute approximate surface area is 108 Å². The lowest BCUT2D eigenvalue weighted by Gasteiger charge is -2.16. The summed E-state index contributed by atoms with van der Waals surface area (Å²) in [6, 6.07) is 9.72. The van der Waals surface area contributed by atoms with Crippen LogP contribution in [0.1, 0.15) is 37.7 Å². The number of hydrogen-bond donors (Lipinski definition) is 1. The number of nitrogens with one attached hydrogen (secondary N) is 1. The van der Waals surface area contributed by atoms with Crippen molar-refractivity contribution < 1.29 is 4.79 Å². The van der Waals surface area contributed by atoms with Crippen LogP contribution in [0.3, 0.4) is 0 Å². The first-order chi connectivity index (χ1) is 8.84. The van der Waals surface area contributed by atoms with E-state index in [2.05, 4.69) is 10.5 Å². The molecule has 0 atom stereocenters. The molecule has 3 heteroatoms. The van der Waals surface area contributed by atoms with Crippen molar-refractivity contribution in [3.05, 3.63) is 35.9 Å². The maximum absolute atomic E-state index is 11.6. The maximum atomic E-state index is 11.6. The summed E-state index contributed by atoms with van der Waals surface area (Å²) in [5, 5.41) is 4.07. The van der Waals surface area contributed by atoms with Crippen molar-refractivity contribution in [1.29, 1.82) is 0 Å². The Morgan fingerprint density at radius 3 is 2.67 bits per heavy atom. The zero-order valence-electron chi connectivity index (χ0n) is 10.6. The molecule has 2 rings (SSSR count). The highest BCUT2D eigenvalue weighted by Crippen LogP contribution is 2.21. The first kappa shape index (κ1) is 12.8. The number of hydrazone groups is 1. The van der Waals surface area contributed by atoms with Gasteiger partial charge in [-0.05, 0) is 24.3 Å². The smallest absolute Gasteiger partial charge is 0.244 e. The van der Waals surface area contributed by atoms with Crippen LogP contribution >= 0.6 is 0 Å². The molecule has 18 heavy (non-hydrogen) atoms. The lowest BCUT2D eigenvalue weighted by Crippen LogP contribution is -2.21. The molecule has 0 aromatic heterocycles. The third-order valence-corrected chi connectivity index (χ3v) is 3.33. The van der Waals surface area contributed by atoms with E-state index in [1.54, 1.807) is 0 Å². The fourth-order valence-corrected chi connectivity index (χ4v) is 2.32. The number of benzene rings is 1. The van der Waals surface area contributed by atoms with Gasteiger partial charge in [0.2, 0.25) is 5.91 Å². The van der Waals surface area contributed by atoms with Crippen LogP contribution in [0.15, 0.2) is 35.4 Å². The fourth-order valence-electron chi connectivity index (χ4n) is 2.32. The van der Waals surface area contributed by atoms with Gasteiger partial charge in [-0.15, -0.1) is 0 Å². The molecule has 3 nitrogen and oxygen atoms in total. The number of hydrogen-bond acceptors (Lipinski definition) is 2. The molecule has 1 aliphatic carbocycles. The largest absolute Gasteiger partial charge is 0.273 e. The third kappa shape index (κ3) is 4.32. The van der Waals surface area contributed by atoms with Crippen LogP contribution < -0.4 is 5.43 Å². The topological polar surface area (TPSA) is 41.5 Å². The minimum Gasteiger partial charge on any atom is -0.273 e. The van der Waals surface area contributed by atoms with Gasteiger partial charge < -0.3 is 0 Å². The summed E-state index contributed by atoms with van der Waals surface area (Å²) >= 11 is 0. The van der Waals surface area contributed by atoms with Gasteiger partial charge in [-0.1, -0.05) is 49.6 Å². The Hall–Kier alpha value is -1.64. The lowest BCUT2D eigenvalue weighted by atomic mass is 9.90. The zero-order chi connectivity index (χ0) is 12.6. The standard InChI is InChI=1S/C15H20N2O/c18-15(11-13-7-3-1-4-8-13)17-16-12-14-9-5-2-6-10-14/h1,3-4,7-8,12,14H,2,5-6,9-11H2,(H,17,18)/b16-12-. The average molecular weight is 244 g/mol. The van der Waals surface area contributed by atoms with Gasteiger partial charge >= 0.3 is 0 Å². The summed E-state index contributed by atoms with van der Waals surface area (Å²) in [5.74, 6) is 0.504. The van der Waals surface area contributed by atoms with Gasteiger partial charge in [0.05, 0.1) is 6.42 Å². The Morgan fingerprint density at radius 2 is 1.94 bits per heavy atom. The zero-order valence-corrected chi connectivity index (χ0v) is 10.6. The van der Waals surface area contributed by atoms with Crippen LogP contribution in [0.4, 0.5) is 0 Å². The van der Waals surface area contributed by atoms with Crippen molar-refractivity contribution in [1.82, 2.24) is 5.43 Å². The number of nitrogens with zero attached hydrogens (tertiary/aromatic N) is 1. The van der Waals surface area contributed by atoms with Crippen molar-refractivity contribution in [2.24, 2.45) is 11.0 Å². The highest BCUT2D eigenvalue weighted by molar-refractivity contribution is 5.79. The Morgan fingerprint density at radius 1 is 1.22 bits per heavy atom. The second-order valence-corrected chi connectivity index (χ2v) is 4.87. The second kappa shape index (κ2) is 6.94. The van der Waals surface area contributed by atoms with Gasteiger partial charge in [0.25, 0.3) is 0 Å². The summed E-state index contributed by atoms with van der Waals surface area (Å²) < 4.78 is 0. The minimum absolute atomic E-state index is 0.0479. The molecule has 1 aromatic rings. The second-order valence-electron chi connectivity index (χ2n) is 4.87. The minimum atomic E-state index is -0.0479. The summed E-state index contributed by atoms with van der Waals surface area (Å²) in [4.78, 5) is 11.6. The highest BCUT2D eigenvalue weighted by Gasteiger charge is 2.10. The first-order valence-electron chi connectivity index (χ1n) is 6.70. The molecule has 1 aliphatic rings. The summed E-state index contributed by atoms with van der Waals surface area (Å²) in [6.45, 7) is 0. The van der Waals surface area contributed by atoms with Crippen LogP contribution in [-0.2, 0) is 11.2 Å². The van der Waals surface area contributed by atoms with E-state index < -0.39 is 0 Å². The number of carbonyl (C=O) groups excluding carboxylic acids is 1. The van der Waals surface area contributed by atoms with Crippen LogP contribution in [0.25, 0.3) is 0 Å². The van der Waals surface area contributed by atoms with Crippen LogP contribution in [0.2, 0.25) is 0 Å². The summed E-state index contributed by atoms with van der Waals surface area (Å²) in [6.07, 6.45) is 8.62. The molecule has 0 aliphatic heterocycles. The van der Waals surface area contributed by atoms with E-state index in [1.165, 1.54) is 32.1 Å². The van der Waals surface area contributed by atoms with Crippen LogP contribution in [0, 0.1) is 5.92 Å². The summed E-state index contributed by atoms with van der Waals surface area (Å²) in [7, 11) is 0. The van der Waals surface area contributed by atoms with Crippen molar-refractivity contribution in [2.45, 2.75) is 38.5 Å². The van der Waals surface area contributed by atoms with E-state index in [4.69, 9.17) is 0 Å². The van der Waals surface area contributed by atoms with Gasteiger partial charge in [-0.25, -0.2) is 5.43 Å². The quantitative estimate of drug-likeness (QED) is 0.642. The Balaban J connectivity index is 1.72. The molecular weight excluding hydrogens is 224 g/mol. The van der Waals surface area contributed by atoms with Crippen LogP contribution in [0.5, 0.6) is 0 Å². The van der Waals surface area contributed by atoms with E-state index in [1.807, 2.05) is 36.5 Å². The van der Waals surface area contributed by atoms with Gasteiger partial charge in [-0.3, -0.25) is 4.79 Å². The molecule has 1 aromatic carbocycles. The SMILES string of the molecule is O=C(Cc1ccccc1)N/N=C\C1CCCCC1. The van der Waals surface area contributed by atoms with Gasteiger partial charge in [-0.2, -0.15) is 5.10 Å². The molecule has 0 unspecified atom stereocenters. The number of rotatable bonds is 4. The van der Waals surface area contributed by atoms with Crippen molar-refractivity contribution in [3.63, 3.8) is 0 Å². The molecule has 1 fully saturated rings. The third-order valence-electron chi connectivity index (χ3n) is 3.33. The molecule has 0 bridgehead atoms. The van der Waals surface area contributed by atoms with E-state index in [9.17, 15) is 4.79 Å². The van der Waals surface area contributed by atoms with Crippen LogP contribution in [-0.4, -0.2) is 12.1 Å². The molecule has 1 saturated carbocycles. The average Bonchev–Trinajstić information content (AvgIpc) is 2.41. The summed E-state index contributed by atoms with van der Waals surface area (Å²) in [5.41, 5.74) is 3.63. The maximum Gasteiger partial charge on any atom is 0.244 e. The van der Waals surface area contributed by atoms with Gasteiger partial charge in [0, 0.05) is 6.21 Å². The molecule has 96 valence electrons. The van der Waals surface area contributed by atoms with E-state index in [-0.39, 0.29) is 5.91 Å². The normalized spacial score (nSPS) is 16.9. The number of amides is 1. The predicted molar refractivity (Wildman–Crippen MR) is 73.4 cm³/mol. The van der Waals surface area contributed by atoms with E-state index in [0.717, 1.165) is 5.56 Å².